The summed E-state index contributed by atoms with van der Waals surface area (Å²) in [5, 5.41) is 13.6. The molecule has 0 unspecified atom stereocenters. The zero-order chi connectivity index (χ0) is 19.1. The summed E-state index contributed by atoms with van der Waals surface area (Å²) in [5.41, 5.74) is 3.39. The molecule has 0 aliphatic carbocycles. The lowest BCUT2D eigenvalue weighted by atomic mass is 10.2. The molecule has 4 heterocycles. The molecule has 0 bridgehead atoms. The summed E-state index contributed by atoms with van der Waals surface area (Å²) < 4.78 is 12.5. The lowest BCUT2D eigenvalue weighted by Gasteiger charge is -2.02. The summed E-state index contributed by atoms with van der Waals surface area (Å²) in [6.45, 7) is 2.21. The number of nitrogens with zero attached hydrogens (tertiary/aromatic N) is 4. The van der Waals surface area contributed by atoms with Crippen LogP contribution < -0.4 is 14.8 Å². The van der Waals surface area contributed by atoms with Crippen LogP contribution in [0.1, 0.15) is 11.3 Å². The molecular weight excluding hydrogens is 378 g/mol. The van der Waals surface area contributed by atoms with Gasteiger partial charge in [-0.2, -0.15) is 0 Å². The van der Waals surface area contributed by atoms with E-state index in [1.54, 1.807) is 4.40 Å². The van der Waals surface area contributed by atoms with Crippen LogP contribution in [0.15, 0.2) is 41.9 Å². The highest BCUT2D eigenvalue weighted by Gasteiger charge is 2.16. The van der Waals surface area contributed by atoms with E-state index in [1.807, 2.05) is 48.8 Å². The van der Waals surface area contributed by atoms with Gasteiger partial charge in [0, 0.05) is 17.1 Å². The SMILES string of the molecule is Cc1ccn2c(NC(=O)Cc3csc(-c4ccc5c(c4)OCO5)n3)nnc2c1. The number of anilines is 1. The van der Waals surface area contributed by atoms with Gasteiger partial charge in [0.05, 0.1) is 12.1 Å². The maximum Gasteiger partial charge on any atom is 0.235 e. The van der Waals surface area contributed by atoms with E-state index in [1.165, 1.54) is 11.3 Å². The molecule has 1 amide bonds. The minimum absolute atomic E-state index is 0.155. The molecule has 1 N–H and O–H groups in total. The van der Waals surface area contributed by atoms with Gasteiger partial charge in [-0.3, -0.25) is 14.5 Å². The first kappa shape index (κ1) is 16.7. The molecule has 0 saturated carbocycles. The van der Waals surface area contributed by atoms with E-state index in [-0.39, 0.29) is 19.1 Å². The van der Waals surface area contributed by atoms with Gasteiger partial charge in [0.15, 0.2) is 17.1 Å². The number of nitrogens with one attached hydrogen (secondary N) is 1. The molecule has 0 spiro atoms. The summed E-state index contributed by atoms with van der Waals surface area (Å²) in [5.74, 6) is 1.64. The first-order valence-corrected chi connectivity index (χ1v) is 9.49. The fraction of sp³-hybridized carbons (Fsp3) is 0.158. The first-order chi connectivity index (χ1) is 13.7. The van der Waals surface area contributed by atoms with Crippen molar-refractivity contribution in [3.8, 4) is 22.1 Å². The molecule has 1 aromatic carbocycles. The maximum atomic E-state index is 12.4. The lowest BCUT2D eigenvalue weighted by molar-refractivity contribution is -0.115. The molecule has 4 aromatic rings. The Hall–Kier alpha value is -3.46. The van der Waals surface area contributed by atoms with Crippen LogP contribution in [0.4, 0.5) is 5.95 Å². The highest BCUT2D eigenvalue weighted by atomic mass is 32.1. The van der Waals surface area contributed by atoms with Gasteiger partial charge in [0.1, 0.15) is 5.01 Å². The normalized spacial score (nSPS) is 12.5. The quantitative estimate of drug-likeness (QED) is 0.573. The molecular formula is C19H15N5O3S. The average molecular weight is 393 g/mol. The van der Waals surface area contributed by atoms with Crippen molar-refractivity contribution >= 4 is 28.8 Å². The third-order valence-corrected chi connectivity index (χ3v) is 5.27. The molecule has 0 saturated heterocycles. The fourth-order valence-corrected chi connectivity index (χ4v) is 3.78. The van der Waals surface area contributed by atoms with Gasteiger partial charge in [-0.25, -0.2) is 4.98 Å². The molecule has 0 radical (unpaired) electrons. The summed E-state index contributed by atoms with van der Waals surface area (Å²) in [4.78, 5) is 17.0. The van der Waals surface area contributed by atoms with Gasteiger partial charge < -0.3 is 9.47 Å². The van der Waals surface area contributed by atoms with Crippen molar-refractivity contribution in [3.05, 3.63) is 53.2 Å². The van der Waals surface area contributed by atoms with E-state index in [2.05, 4.69) is 20.5 Å². The highest BCUT2D eigenvalue weighted by molar-refractivity contribution is 7.13. The van der Waals surface area contributed by atoms with E-state index in [9.17, 15) is 4.79 Å². The number of amides is 1. The van der Waals surface area contributed by atoms with Crippen molar-refractivity contribution in [1.82, 2.24) is 19.6 Å². The Labute approximate surface area is 163 Å². The number of pyridine rings is 1. The molecule has 3 aromatic heterocycles. The monoisotopic (exact) mass is 393 g/mol. The zero-order valence-electron chi connectivity index (χ0n) is 14.9. The second-order valence-electron chi connectivity index (χ2n) is 6.39. The van der Waals surface area contributed by atoms with Crippen LogP contribution in [-0.2, 0) is 11.2 Å². The number of thiazole rings is 1. The standard InChI is InChI=1S/C19H15N5O3S/c1-11-4-5-24-16(6-11)22-23-19(24)21-17(25)8-13-9-28-18(20-13)12-2-3-14-15(7-12)27-10-26-14/h2-7,9H,8,10H2,1H3,(H,21,23,25). The Balaban J connectivity index is 1.30. The van der Waals surface area contributed by atoms with Gasteiger partial charge in [0.25, 0.3) is 0 Å². The van der Waals surface area contributed by atoms with Crippen LogP contribution in [0.5, 0.6) is 11.5 Å². The second kappa shape index (κ2) is 6.61. The second-order valence-corrected chi connectivity index (χ2v) is 7.25. The summed E-state index contributed by atoms with van der Waals surface area (Å²) in [6, 6.07) is 9.53. The first-order valence-electron chi connectivity index (χ1n) is 8.61. The van der Waals surface area contributed by atoms with Gasteiger partial charge in [-0.05, 0) is 42.8 Å². The highest BCUT2D eigenvalue weighted by Crippen LogP contribution is 2.36. The van der Waals surface area contributed by atoms with Crippen LogP contribution in [0.25, 0.3) is 16.2 Å². The molecule has 9 heteroatoms. The Kier molecular flexibility index (Phi) is 3.94. The fourth-order valence-electron chi connectivity index (χ4n) is 2.96. The Morgan fingerprint density at radius 2 is 2.11 bits per heavy atom. The number of carbonyl (C=O) groups is 1. The molecule has 140 valence electrons. The van der Waals surface area contributed by atoms with Crippen LogP contribution in [0, 0.1) is 6.92 Å². The van der Waals surface area contributed by atoms with Crippen LogP contribution in [0.3, 0.4) is 0 Å². The molecule has 8 nitrogen and oxygen atoms in total. The number of hydrogen-bond donors (Lipinski definition) is 1. The summed E-state index contributed by atoms with van der Waals surface area (Å²) in [7, 11) is 0. The zero-order valence-corrected chi connectivity index (χ0v) is 15.7. The predicted octanol–water partition coefficient (Wildman–Crippen LogP) is 3.07. The number of rotatable bonds is 4. The Bertz CT molecular complexity index is 1200. The van der Waals surface area contributed by atoms with Crippen molar-refractivity contribution in [3.63, 3.8) is 0 Å². The number of aromatic nitrogens is 4. The summed E-state index contributed by atoms with van der Waals surface area (Å²) in [6.07, 6.45) is 1.99. The molecule has 1 aliphatic rings. The predicted molar refractivity (Wildman–Crippen MR) is 104 cm³/mol. The Morgan fingerprint density at radius 3 is 3.04 bits per heavy atom. The summed E-state index contributed by atoms with van der Waals surface area (Å²) >= 11 is 1.48. The van der Waals surface area contributed by atoms with Crippen molar-refractivity contribution in [2.45, 2.75) is 13.3 Å². The molecule has 28 heavy (non-hydrogen) atoms. The third kappa shape index (κ3) is 3.05. The van der Waals surface area contributed by atoms with Crippen molar-refractivity contribution in [2.24, 2.45) is 0 Å². The number of ether oxygens (including phenoxy) is 2. The van der Waals surface area contributed by atoms with Gasteiger partial charge in [-0.1, -0.05) is 0 Å². The van der Waals surface area contributed by atoms with E-state index in [0.717, 1.165) is 21.9 Å². The molecule has 0 fully saturated rings. The van der Waals surface area contributed by atoms with Crippen LogP contribution >= 0.6 is 11.3 Å². The smallest absolute Gasteiger partial charge is 0.235 e. The van der Waals surface area contributed by atoms with Crippen molar-refractivity contribution in [1.29, 1.82) is 0 Å². The maximum absolute atomic E-state index is 12.4. The Morgan fingerprint density at radius 1 is 1.21 bits per heavy atom. The molecule has 0 atom stereocenters. The lowest BCUT2D eigenvalue weighted by Crippen LogP contribution is -2.16. The average Bonchev–Trinajstić information content (AvgIpc) is 3.41. The van der Waals surface area contributed by atoms with Crippen molar-refractivity contribution < 1.29 is 14.3 Å². The van der Waals surface area contributed by atoms with E-state index in [0.29, 0.717) is 23.0 Å². The number of hydrogen-bond acceptors (Lipinski definition) is 7. The number of benzene rings is 1. The minimum Gasteiger partial charge on any atom is -0.454 e. The van der Waals surface area contributed by atoms with Crippen LogP contribution in [0.2, 0.25) is 0 Å². The van der Waals surface area contributed by atoms with Gasteiger partial charge >= 0.3 is 0 Å². The minimum atomic E-state index is -0.197. The topological polar surface area (TPSA) is 90.6 Å². The van der Waals surface area contributed by atoms with Crippen molar-refractivity contribution in [2.75, 3.05) is 12.1 Å². The third-order valence-electron chi connectivity index (χ3n) is 4.33. The van der Waals surface area contributed by atoms with Gasteiger partial charge in [-0.15, -0.1) is 21.5 Å². The van der Waals surface area contributed by atoms with E-state index >= 15 is 0 Å². The molecule has 1 aliphatic heterocycles. The van der Waals surface area contributed by atoms with Crippen LogP contribution in [-0.4, -0.2) is 32.3 Å². The van der Waals surface area contributed by atoms with E-state index in [4.69, 9.17) is 9.47 Å². The molecule has 5 rings (SSSR count). The largest absolute Gasteiger partial charge is 0.454 e. The number of aryl methyl sites for hydroxylation is 1. The number of fused-ring (bicyclic) bond motifs is 2. The van der Waals surface area contributed by atoms with E-state index < -0.39 is 0 Å². The number of carbonyl (C=O) groups excluding carboxylic acids is 1. The van der Waals surface area contributed by atoms with Gasteiger partial charge in [0.2, 0.25) is 18.6 Å².